The Morgan fingerprint density at radius 2 is 1.69 bits per heavy atom. The number of carbonyl (C=O) groups is 1. The van der Waals surface area contributed by atoms with Crippen molar-refractivity contribution in [2.45, 2.75) is 58.3 Å². The molecule has 0 N–H and O–H groups in total. The third-order valence-corrected chi connectivity index (χ3v) is 4.07. The van der Waals surface area contributed by atoms with E-state index in [2.05, 4.69) is 6.92 Å². The fourth-order valence-corrected chi connectivity index (χ4v) is 3.25. The van der Waals surface area contributed by atoms with E-state index < -0.39 is 0 Å². The van der Waals surface area contributed by atoms with Crippen LogP contribution in [0.1, 0.15) is 58.3 Å². The molecule has 1 spiro atoms. The smallest absolute Gasteiger partial charge is 0.141 e. The van der Waals surface area contributed by atoms with E-state index in [-0.39, 0.29) is 5.41 Å². The number of carbonyl (C=O) groups excluding carboxylic acids is 1. The van der Waals surface area contributed by atoms with Crippen molar-refractivity contribution in [2.24, 2.45) is 11.3 Å². The lowest BCUT2D eigenvalue weighted by atomic mass is 9.62. The van der Waals surface area contributed by atoms with Gasteiger partial charge in [-0.2, -0.15) is 0 Å². The van der Waals surface area contributed by atoms with Crippen LogP contribution >= 0.6 is 0 Å². The minimum absolute atomic E-state index is 0.149. The highest BCUT2D eigenvalue weighted by atomic mass is 16.1. The molecule has 2 saturated carbocycles. The predicted molar refractivity (Wildman–Crippen MR) is 53.5 cm³/mol. The molecular weight excluding hydrogens is 160 g/mol. The first-order valence-corrected chi connectivity index (χ1v) is 5.79. The second kappa shape index (κ2) is 3.43. The van der Waals surface area contributed by atoms with Crippen molar-refractivity contribution in [1.82, 2.24) is 0 Å². The summed E-state index contributed by atoms with van der Waals surface area (Å²) in [6.07, 6.45) is 9.93. The summed E-state index contributed by atoms with van der Waals surface area (Å²) in [6.45, 7) is 2.12. The van der Waals surface area contributed by atoms with Gasteiger partial charge in [0.2, 0.25) is 0 Å². The van der Waals surface area contributed by atoms with E-state index >= 15 is 0 Å². The van der Waals surface area contributed by atoms with Crippen LogP contribution in [0.25, 0.3) is 0 Å². The lowest BCUT2D eigenvalue weighted by Gasteiger charge is -2.41. The van der Waals surface area contributed by atoms with Crippen LogP contribution in [0.2, 0.25) is 0 Å². The third kappa shape index (κ3) is 1.53. The minimum Gasteiger partial charge on any atom is -0.299 e. The van der Waals surface area contributed by atoms with Gasteiger partial charge in [0.1, 0.15) is 5.78 Å². The Kier molecular flexibility index (Phi) is 2.44. The summed E-state index contributed by atoms with van der Waals surface area (Å²) in [4.78, 5) is 12.1. The Balaban J connectivity index is 2.14. The number of Topliss-reactive ketones (excluding diaryl/α,β-unsaturated/α-hetero) is 1. The third-order valence-electron chi connectivity index (χ3n) is 4.07. The molecule has 0 aromatic heterocycles. The van der Waals surface area contributed by atoms with Crippen molar-refractivity contribution in [3.05, 3.63) is 0 Å². The van der Waals surface area contributed by atoms with Crippen LogP contribution in [0.15, 0.2) is 0 Å². The van der Waals surface area contributed by atoms with Crippen molar-refractivity contribution < 1.29 is 4.79 Å². The van der Waals surface area contributed by atoms with Gasteiger partial charge in [-0.1, -0.05) is 32.6 Å². The highest BCUT2D eigenvalue weighted by Gasteiger charge is 2.43. The molecule has 0 aromatic carbocycles. The predicted octanol–water partition coefficient (Wildman–Crippen LogP) is 3.33. The van der Waals surface area contributed by atoms with Crippen LogP contribution < -0.4 is 0 Å². The number of rotatable bonds is 0. The lowest BCUT2D eigenvalue weighted by Crippen LogP contribution is -2.40. The molecule has 1 heteroatoms. The monoisotopic (exact) mass is 180 g/mol. The summed E-state index contributed by atoms with van der Waals surface area (Å²) >= 11 is 0. The number of hydrogen-bond acceptors (Lipinski definition) is 1. The van der Waals surface area contributed by atoms with Gasteiger partial charge in [0.05, 0.1) is 0 Å². The summed E-state index contributed by atoms with van der Waals surface area (Å²) in [5.41, 5.74) is 0.149. The maximum absolute atomic E-state index is 12.1. The average molecular weight is 180 g/mol. The summed E-state index contributed by atoms with van der Waals surface area (Å²) in [6, 6.07) is 0. The molecule has 2 aliphatic rings. The Morgan fingerprint density at radius 3 is 2.38 bits per heavy atom. The zero-order valence-electron chi connectivity index (χ0n) is 8.64. The van der Waals surface area contributed by atoms with Crippen LogP contribution in [-0.4, -0.2) is 5.78 Å². The fraction of sp³-hybridized carbons (Fsp3) is 0.917. The first-order valence-electron chi connectivity index (χ1n) is 5.79. The molecule has 0 radical (unpaired) electrons. The van der Waals surface area contributed by atoms with Gasteiger partial charge in [-0.25, -0.2) is 0 Å². The van der Waals surface area contributed by atoms with Gasteiger partial charge in [-0.3, -0.25) is 4.79 Å². The van der Waals surface area contributed by atoms with Crippen LogP contribution in [0.4, 0.5) is 0 Å². The maximum Gasteiger partial charge on any atom is 0.141 e. The van der Waals surface area contributed by atoms with Crippen LogP contribution in [-0.2, 0) is 4.79 Å². The summed E-state index contributed by atoms with van der Waals surface area (Å²) in [5, 5.41) is 0. The maximum atomic E-state index is 12.1. The molecule has 0 heterocycles. The highest BCUT2D eigenvalue weighted by molar-refractivity contribution is 5.87. The molecular formula is C12H20O. The molecule has 0 amide bonds. The van der Waals surface area contributed by atoms with Crippen LogP contribution in [0.3, 0.4) is 0 Å². The molecule has 0 saturated heterocycles. The largest absolute Gasteiger partial charge is 0.299 e. The van der Waals surface area contributed by atoms with E-state index in [1.54, 1.807) is 0 Å². The van der Waals surface area contributed by atoms with Crippen molar-refractivity contribution in [3.8, 4) is 0 Å². The lowest BCUT2D eigenvalue weighted by molar-refractivity contribution is -0.137. The molecule has 0 aliphatic heterocycles. The quantitative estimate of drug-likeness (QED) is 0.559. The highest BCUT2D eigenvalue weighted by Crippen LogP contribution is 2.46. The number of ketones is 1. The van der Waals surface area contributed by atoms with E-state index in [9.17, 15) is 4.79 Å². The molecule has 2 aliphatic carbocycles. The molecule has 1 atom stereocenters. The SMILES string of the molecule is CC1CCCC2(CCCCC2)C1=O. The zero-order valence-corrected chi connectivity index (χ0v) is 8.64. The molecule has 0 bridgehead atoms. The number of hydrogen-bond donors (Lipinski definition) is 0. The topological polar surface area (TPSA) is 17.1 Å². The molecule has 13 heavy (non-hydrogen) atoms. The first kappa shape index (κ1) is 9.23. The minimum atomic E-state index is 0.149. The first-order chi connectivity index (χ1) is 6.25. The van der Waals surface area contributed by atoms with Crippen LogP contribution in [0.5, 0.6) is 0 Å². The molecule has 2 rings (SSSR count). The second-order valence-corrected chi connectivity index (χ2v) is 5.00. The summed E-state index contributed by atoms with van der Waals surface area (Å²) < 4.78 is 0. The molecule has 0 aromatic rings. The van der Waals surface area contributed by atoms with Crippen molar-refractivity contribution in [1.29, 1.82) is 0 Å². The van der Waals surface area contributed by atoms with Crippen LogP contribution in [0, 0.1) is 11.3 Å². The Bertz CT molecular complexity index is 196. The Labute approximate surface area is 80.9 Å². The molecule has 1 nitrogen and oxygen atoms in total. The van der Waals surface area contributed by atoms with Crippen molar-refractivity contribution >= 4 is 5.78 Å². The Morgan fingerprint density at radius 1 is 1.08 bits per heavy atom. The van der Waals surface area contributed by atoms with Crippen molar-refractivity contribution in [3.63, 3.8) is 0 Å². The van der Waals surface area contributed by atoms with Gasteiger partial charge in [-0.05, 0) is 25.7 Å². The standard InChI is InChI=1S/C12H20O/c1-10-6-5-9-12(11(10)13)7-3-2-4-8-12/h10H,2-9H2,1H3. The van der Waals surface area contributed by atoms with Crippen molar-refractivity contribution in [2.75, 3.05) is 0 Å². The summed E-state index contributed by atoms with van der Waals surface area (Å²) in [7, 11) is 0. The zero-order chi connectivity index (χ0) is 9.31. The fourth-order valence-electron chi connectivity index (χ4n) is 3.25. The Hall–Kier alpha value is -0.330. The second-order valence-electron chi connectivity index (χ2n) is 5.00. The van der Waals surface area contributed by atoms with Gasteiger partial charge < -0.3 is 0 Å². The van der Waals surface area contributed by atoms with E-state index in [4.69, 9.17) is 0 Å². The molecule has 2 fully saturated rings. The normalized spacial score (nSPS) is 33.6. The molecule has 1 unspecified atom stereocenters. The van der Waals surface area contributed by atoms with Gasteiger partial charge in [0.25, 0.3) is 0 Å². The average Bonchev–Trinajstić information content (AvgIpc) is 2.16. The van der Waals surface area contributed by atoms with Gasteiger partial charge in [-0.15, -0.1) is 0 Å². The van der Waals surface area contributed by atoms with E-state index in [1.807, 2.05) is 0 Å². The van der Waals surface area contributed by atoms with E-state index in [1.165, 1.54) is 44.9 Å². The van der Waals surface area contributed by atoms with E-state index in [0.29, 0.717) is 11.7 Å². The van der Waals surface area contributed by atoms with Gasteiger partial charge in [0, 0.05) is 11.3 Å². The van der Waals surface area contributed by atoms with Gasteiger partial charge in [0.15, 0.2) is 0 Å². The van der Waals surface area contributed by atoms with E-state index in [0.717, 1.165) is 6.42 Å². The van der Waals surface area contributed by atoms with Gasteiger partial charge >= 0.3 is 0 Å². The summed E-state index contributed by atoms with van der Waals surface area (Å²) in [5.74, 6) is 0.949. The molecule has 74 valence electrons.